The molecule has 0 aliphatic carbocycles. The van der Waals surface area contributed by atoms with Crippen molar-refractivity contribution >= 4 is 16.9 Å². The molecule has 0 spiro atoms. The molecule has 21 heavy (non-hydrogen) atoms. The first kappa shape index (κ1) is 14.1. The van der Waals surface area contributed by atoms with Crippen LogP contribution >= 0.6 is 0 Å². The molecule has 112 valence electrons. The van der Waals surface area contributed by atoms with Gasteiger partial charge in [0.15, 0.2) is 0 Å². The molecule has 0 saturated heterocycles. The smallest absolute Gasteiger partial charge is 0.308 e. The van der Waals surface area contributed by atoms with Crippen molar-refractivity contribution in [2.24, 2.45) is 5.92 Å². The maximum Gasteiger partial charge on any atom is 0.308 e. The van der Waals surface area contributed by atoms with E-state index >= 15 is 0 Å². The van der Waals surface area contributed by atoms with Crippen LogP contribution in [0.15, 0.2) is 18.5 Å². The number of aromatic nitrogens is 2. The average molecular weight is 286 g/mol. The predicted molar refractivity (Wildman–Crippen MR) is 82.6 cm³/mol. The standard InChI is InChI=1S/C17H22N2O2/c1-4-13(17(20)21)15-6-5-12-7-11-8-18-9-14(10(2)3)16(11)19(12)15/h7-10,13,15H,4-6H2,1-3H3,(H,20,21). The maximum atomic E-state index is 11.6. The van der Waals surface area contributed by atoms with Crippen molar-refractivity contribution in [1.82, 2.24) is 9.55 Å². The Kier molecular flexibility index (Phi) is 3.47. The highest BCUT2D eigenvalue weighted by Crippen LogP contribution is 2.40. The van der Waals surface area contributed by atoms with E-state index < -0.39 is 5.97 Å². The van der Waals surface area contributed by atoms with E-state index in [1.54, 1.807) is 0 Å². The molecule has 1 aliphatic rings. The first-order valence-corrected chi connectivity index (χ1v) is 7.75. The molecule has 1 aliphatic heterocycles. The van der Waals surface area contributed by atoms with Gasteiger partial charge in [-0.05, 0) is 36.8 Å². The molecule has 1 N–H and O–H groups in total. The summed E-state index contributed by atoms with van der Waals surface area (Å²) in [5.74, 6) is -0.612. The van der Waals surface area contributed by atoms with Crippen LogP contribution in [0.3, 0.4) is 0 Å². The van der Waals surface area contributed by atoms with E-state index in [9.17, 15) is 9.90 Å². The number of hydrogen-bond acceptors (Lipinski definition) is 2. The number of hydrogen-bond donors (Lipinski definition) is 1. The second kappa shape index (κ2) is 5.17. The molecule has 0 radical (unpaired) electrons. The molecule has 4 nitrogen and oxygen atoms in total. The zero-order chi connectivity index (χ0) is 15.1. The number of carbonyl (C=O) groups is 1. The van der Waals surface area contributed by atoms with Gasteiger partial charge in [-0.1, -0.05) is 20.8 Å². The van der Waals surface area contributed by atoms with Crippen LogP contribution in [0.4, 0.5) is 0 Å². The number of aryl methyl sites for hydroxylation is 1. The lowest BCUT2D eigenvalue weighted by molar-refractivity contribution is -0.143. The Morgan fingerprint density at radius 2 is 2.24 bits per heavy atom. The summed E-state index contributed by atoms with van der Waals surface area (Å²) in [4.78, 5) is 15.9. The van der Waals surface area contributed by atoms with Crippen LogP contribution in [0.5, 0.6) is 0 Å². The molecule has 2 atom stereocenters. The summed E-state index contributed by atoms with van der Waals surface area (Å²) in [6, 6.07) is 2.25. The van der Waals surface area contributed by atoms with E-state index in [1.165, 1.54) is 16.8 Å². The van der Waals surface area contributed by atoms with Crippen LogP contribution in [-0.2, 0) is 11.2 Å². The van der Waals surface area contributed by atoms with Crippen molar-refractivity contribution < 1.29 is 9.90 Å². The number of fused-ring (bicyclic) bond motifs is 3. The van der Waals surface area contributed by atoms with Crippen LogP contribution in [0.1, 0.15) is 56.8 Å². The number of carboxylic acids is 1. The van der Waals surface area contributed by atoms with E-state index in [-0.39, 0.29) is 12.0 Å². The lowest BCUT2D eigenvalue weighted by atomic mass is 9.94. The third-order valence-corrected chi connectivity index (χ3v) is 4.72. The molecule has 4 heteroatoms. The van der Waals surface area contributed by atoms with Crippen molar-refractivity contribution in [3.8, 4) is 0 Å². The molecule has 2 aromatic heterocycles. The van der Waals surface area contributed by atoms with Crippen molar-refractivity contribution in [2.75, 3.05) is 0 Å². The molecule has 3 heterocycles. The van der Waals surface area contributed by atoms with Gasteiger partial charge >= 0.3 is 5.97 Å². The van der Waals surface area contributed by atoms with Gasteiger partial charge in [-0.3, -0.25) is 9.78 Å². The fourth-order valence-electron chi connectivity index (χ4n) is 3.67. The largest absolute Gasteiger partial charge is 0.481 e. The Labute approximate surface area is 124 Å². The third-order valence-electron chi connectivity index (χ3n) is 4.72. The van der Waals surface area contributed by atoms with Gasteiger partial charge in [-0.2, -0.15) is 0 Å². The van der Waals surface area contributed by atoms with Gasteiger partial charge in [0.25, 0.3) is 0 Å². The molecule has 0 bridgehead atoms. The molecule has 0 amide bonds. The Balaban J connectivity index is 2.20. The SMILES string of the molecule is CCC(C(=O)O)C1CCc2cc3cncc(C(C)C)c3n21. The molecule has 3 rings (SSSR count). The van der Waals surface area contributed by atoms with Gasteiger partial charge in [0.2, 0.25) is 0 Å². The lowest BCUT2D eigenvalue weighted by Crippen LogP contribution is -2.24. The molecule has 0 fully saturated rings. The van der Waals surface area contributed by atoms with Crippen LogP contribution in [0, 0.1) is 5.92 Å². The number of carboxylic acid groups (broad SMARTS) is 1. The highest BCUT2D eigenvalue weighted by Gasteiger charge is 2.34. The summed E-state index contributed by atoms with van der Waals surface area (Å²) in [5, 5.41) is 10.7. The lowest BCUT2D eigenvalue weighted by Gasteiger charge is -2.23. The molecular formula is C17H22N2O2. The Morgan fingerprint density at radius 3 is 2.86 bits per heavy atom. The van der Waals surface area contributed by atoms with E-state index in [4.69, 9.17) is 0 Å². The van der Waals surface area contributed by atoms with Crippen LogP contribution in [0.25, 0.3) is 10.9 Å². The number of pyridine rings is 1. The summed E-state index contributed by atoms with van der Waals surface area (Å²) in [6.07, 6.45) is 6.38. The minimum Gasteiger partial charge on any atom is -0.481 e. The van der Waals surface area contributed by atoms with Crippen molar-refractivity contribution in [3.05, 3.63) is 29.7 Å². The highest BCUT2D eigenvalue weighted by atomic mass is 16.4. The zero-order valence-electron chi connectivity index (χ0n) is 12.8. The molecule has 2 aromatic rings. The molecular weight excluding hydrogens is 264 g/mol. The zero-order valence-corrected chi connectivity index (χ0v) is 12.8. The number of nitrogens with zero attached hydrogens (tertiary/aromatic N) is 2. The second-order valence-electron chi connectivity index (χ2n) is 6.29. The van der Waals surface area contributed by atoms with E-state index in [2.05, 4.69) is 29.5 Å². The van der Waals surface area contributed by atoms with Gasteiger partial charge in [-0.15, -0.1) is 0 Å². The van der Waals surface area contributed by atoms with Gasteiger partial charge in [0, 0.05) is 29.5 Å². The van der Waals surface area contributed by atoms with Crippen LogP contribution in [0.2, 0.25) is 0 Å². The van der Waals surface area contributed by atoms with Crippen LogP contribution in [-0.4, -0.2) is 20.6 Å². The van der Waals surface area contributed by atoms with Crippen molar-refractivity contribution in [2.45, 2.75) is 52.0 Å². The van der Waals surface area contributed by atoms with E-state index in [0.717, 1.165) is 18.2 Å². The van der Waals surface area contributed by atoms with Gasteiger partial charge in [0.1, 0.15) is 0 Å². The summed E-state index contributed by atoms with van der Waals surface area (Å²) < 4.78 is 2.29. The van der Waals surface area contributed by atoms with Gasteiger partial charge in [0.05, 0.1) is 11.4 Å². The quantitative estimate of drug-likeness (QED) is 0.931. The number of rotatable bonds is 4. The first-order valence-electron chi connectivity index (χ1n) is 7.75. The third kappa shape index (κ3) is 2.13. The van der Waals surface area contributed by atoms with Gasteiger partial charge < -0.3 is 9.67 Å². The maximum absolute atomic E-state index is 11.6. The second-order valence-corrected chi connectivity index (χ2v) is 6.29. The topological polar surface area (TPSA) is 55.1 Å². The first-order chi connectivity index (χ1) is 10.0. The number of aliphatic carboxylic acids is 1. The molecule has 0 aromatic carbocycles. The molecule has 2 unspecified atom stereocenters. The Morgan fingerprint density at radius 1 is 1.48 bits per heavy atom. The Hall–Kier alpha value is -1.84. The summed E-state index contributed by atoms with van der Waals surface area (Å²) in [7, 11) is 0. The summed E-state index contributed by atoms with van der Waals surface area (Å²) >= 11 is 0. The van der Waals surface area contributed by atoms with E-state index in [1.807, 2.05) is 19.3 Å². The normalized spacial score (nSPS) is 19.1. The van der Waals surface area contributed by atoms with E-state index in [0.29, 0.717) is 12.3 Å². The minimum atomic E-state index is -0.683. The van der Waals surface area contributed by atoms with Crippen LogP contribution < -0.4 is 0 Å². The van der Waals surface area contributed by atoms with Crippen molar-refractivity contribution in [1.29, 1.82) is 0 Å². The summed E-state index contributed by atoms with van der Waals surface area (Å²) in [5.41, 5.74) is 3.66. The minimum absolute atomic E-state index is 0.0694. The van der Waals surface area contributed by atoms with Crippen molar-refractivity contribution in [3.63, 3.8) is 0 Å². The predicted octanol–water partition coefficient (Wildman–Crippen LogP) is 3.76. The fraction of sp³-hybridized carbons (Fsp3) is 0.529. The summed E-state index contributed by atoms with van der Waals surface area (Å²) in [6.45, 7) is 6.29. The fourth-order valence-corrected chi connectivity index (χ4v) is 3.67. The van der Waals surface area contributed by atoms with Gasteiger partial charge in [-0.25, -0.2) is 0 Å². The molecule has 0 saturated carbocycles. The highest BCUT2D eigenvalue weighted by molar-refractivity contribution is 5.85. The Bertz CT molecular complexity index is 687. The average Bonchev–Trinajstić information content (AvgIpc) is 2.98. The monoisotopic (exact) mass is 286 g/mol.